The molecule has 1 atom stereocenters. The molecule has 0 radical (unpaired) electrons. The van der Waals surface area contributed by atoms with Gasteiger partial charge in [0.1, 0.15) is 5.75 Å². The molecule has 0 spiro atoms. The number of nitrogens with two attached hydrogens (primary N) is 1. The van der Waals surface area contributed by atoms with Crippen LogP contribution in [-0.4, -0.2) is 7.11 Å². The van der Waals surface area contributed by atoms with Crippen molar-refractivity contribution in [1.29, 1.82) is 0 Å². The van der Waals surface area contributed by atoms with E-state index >= 15 is 0 Å². The van der Waals surface area contributed by atoms with E-state index in [2.05, 4.69) is 13.8 Å². The minimum absolute atomic E-state index is 0.323. The van der Waals surface area contributed by atoms with Gasteiger partial charge in [-0.15, -0.1) is 0 Å². The van der Waals surface area contributed by atoms with E-state index in [1.807, 2.05) is 19.1 Å². The highest BCUT2D eigenvalue weighted by Crippen LogP contribution is 2.33. The summed E-state index contributed by atoms with van der Waals surface area (Å²) in [5.41, 5.74) is 6.79. The normalized spacial score (nSPS) is 15.1. The molecule has 1 aromatic carbocycles. The maximum absolute atomic E-state index is 6.25. The molecule has 0 amide bonds. The first-order valence-electron chi connectivity index (χ1n) is 5.02. The van der Waals surface area contributed by atoms with Crippen molar-refractivity contribution in [3.63, 3.8) is 0 Å². The zero-order chi connectivity index (χ0) is 11.6. The molecule has 0 bridgehead atoms. The highest BCUT2D eigenvalue weighted by molar-refractivity contribution is 6.31. The molecule has 0 heterocycles. The number of ether oxygens (including phenoxy) is 1. The number of halogens is 1. The van der Waals surface area contributed by atoms with Crippen LogP contribution in [0.5, 0.6) is 5.75 Å². The Kier molecular flexibility index (Phi) is 3.63. The molecule has 1 rings (SSSR count). The highest BCUT2D eigenvalue weighted by atomic mass is 35.5. The van der Waals surface area contributed by atoms with Gasteiger partial charge in [0.15, 0.2) is 0 Å². The van der Waals surface area contributed by atoms with E-state index in [1.54, 1.807) is 13.2 Å². The molecule has 0 aliphatic heterocycles. The molecule has 2 N–H and O–H groups in total. The first-order valence-corrected chi connectivity index (χ1v) is 5.40. The minimum atomic E-state index is -0.413. The predicted molar refractivity (Wildman–Crippen MR) is 64.4 cm³/mol. The van der Waals surface area contributed by atoms with Gasteiger partial charge >= 0.3 is 0 Å². The van der Waals surface area contributed by atoms with Gasteiger partial charge in [0.25, 0.3) is 0 Å². The number of benzene rings is 1. The van der Waals surface area contributed by atoms with Gasteiger partial charge in [-0.1, -0.05) is 31.5 Å². The van der Waals surface area contributed by atoms with Crippen molar-refractivity contribution in [3.05, 3.63) is 28.8 Å². The Balaban J connectivity index is 3.16. The lowest BCUT2D eigenvalue weighted by Gasteiger charge is -2.30. The molecule has 0 saturated carbocycles. The molecule has 0 aromatic heterocycles. The fourth-order valence-corrected chi connectivity index (χ4v) is 1.74. The third kappa shape index (κ3) is 2.44. The summed E-state index contributed by atoms with van der Waals surface area (Å²) in [6.45, 7) is 6.16. The van der Waals surface area contributed by atoms with E-state index in [0.29, 0.717) is 10.9 Å². The molecule has 0 aliphatic carbocycles. The Labute approximate surface area is 96.4 Å². The summed E-state index contributed by atoms with van der Waals surface area (Å²) in [5.74, 6) is 1.08. The van der Waals surface area contributed by atoms with Crippen LogP contribution in [0.25, 0.3) is 0 Å². The fourth-order valence-electron chi connectivity index (χ4n) is 1.37. The van der Waals surface area contributed by atoms with Gasteiger partial charge in [-0.3, -0.25) is 0 Å². The van der Waals surface area contributed by atoms with Crippen molar-refractivity contribution >= 4 is 11.6 Å². The van der Waals surface area contributed by atoms with Crippen LogP contribution in [0.1, 0.15) is 26.3 Å². The molecule has 0 aliphatic rings. The van der Waals surface area contributed by atoms with Gasteiger partial charge in [0.2, 0.25) is 0 Å². The topological polar surface area (TPSA) is 35.2 Å². The zero-order valence-electron chi connectivity index (χ0n) is 9.67. The molecule has 1 unspecified atom stereocenters. The van der Waals surface area contributed by atoms with E-state index in [9.17, 15) is 0 Å². The second kappa shape index (κ2) is 4.42. The smallest absolute Gasteiger partial charge is 0.120 e. The number of hydrogen-bond acceptors (Lipinski definition) is 2. The lowest BCUT2D eigenvalue weighted by Crippen LogP contribution is -2.38. The van der Waals surface area contributed by atoms with Crippen molar-refractivity contribution in [3.8, 4) is 5.75 Å². The standard InChI is InChI=1S/C12H18ClNO/c1-8(2)12(3,14)10-6-5-9(15-4)7-11(10)13/h5-8H,14H2,1-4H3. The van der Waals surface area contributed by atoms with Gasteiger partial charge in [0, 0.05) is 10.6 Å². The molecule has 84 valence electrons. The average molecular weight is 228 g/mol. The lowest BCUT2D eigenvalue weighted by molar-refractivity contribution is 0.350. The SMILES string of the molecule is COc1ccc(C(C)(N)C(C)C)c(Cl)c1. The van der Waals surface area contributed by atoms with Crippen LogP contribution in [0.4, 0.5) is 0 Å². The van der Waals surface area contributed by atoms with E-state index < -0.39 is 5.54 Å². The van der Waals surface area contributed by atoms with Crippen LogP contribution in [-0.2, 0) is 5.54 Å². The van der Waals surface area contributed by atoms with Crippen molar-refractivity contribution in [2.45, 2.75) is 26.3 Å². The summed E-state index contributed by atoms with van der Waals surface area (Å²) < 4.78 is 5.10. The summed E-state index contributed by atoms with van der Waals surface area (Å²) in [6.07, 6.45) is 0. The summed E-state index contributed by atoms with van der Waals surface area (Å²) in [7, 11) is 1.62. The van der Waals surface area contributed by atoms with Gasteiger partial charge in [-0.2, -0.15) is 0 Å². The Bertz CT molecular complexity index is 347. The molecule has 2 nitrogen and oxygen atoms in total. The molecule has 15 heavy (non-hydrogen) atoms. The summed E-state index contributed by atoms with van der Waals surface area (Å²) in [4.78, 5) is 0. The fraction of sp³-hybridized carbons (Fsp3) is 0.500. The number of rotatable bonds is 3. The first kappa shape index (κ1) is 12.3. The van der Waals surface area contributed by atoms with Crippen LogP contribution >= 0.6 is 11.6 Å². The second-order valence-electron chi connectivity index (χ2n) is 4.28. The van der Waals surface area contributed by atoms with Crippen molar-refractivity contribution in [1.82, 2.24) is 0 Å². The molecule has 0 fully saturated rings. The summed E-state index contributed by atoms with van der Waals surface area (Å²) in [6, 6.07) is 5.61. The van der Waals surface area contributed by atoms with E-state index in [4.69, 9.17) is 22.1 Å². The third-order valence-corrected chi connectivity index (χ3v) is 3.27. The Morgan fingerprint density at radius 3 is 2.40 bits per heavy atom. The minimum Gasteiger partial charge on any atom is -0.497 e. The van der Waals surface area contributed by atoms with Crippen LogP contribution in [0.2, 0.25) is 5.02 Å². The van der Waals surface area contributed by atoms with Crippen molar-refractivity contribution < 1.29 is 4.74 Å². The monoisotopic (exact) mass is 227 g/mol. The first-order chi connectivity index (χ1) is 6.89. The van der Waals surface area contributed by atoms with Crippen LogP contribution in [0.3, 0.4) is 0 Å². The van der Waals surface area contributed by atoms with Crippen molar-refractivity contribution in [2.75, 3.05) is 7.11 Å². The third-order valence-electron chi connectivity index (χ3n) is 2.96. The molecule has 1 aromatic rings. The van der Waals surface area contributed by atoms with Crippen LogP contribution < -0.4 is 10.5 Å². The maximum atomic E-state index is 6.25. The molecule has 0 saturated heterocycles. The molecular weight excluding hydrogens is 210 g/mol. The predicted octanol–water partition coefficient (Wildman–Crippen LogP) is 3.18. The second-order valence-corrected chi connectivity index (χ2v) is 4.69. The number of hydrogen-bond donors (Lipinski definition) is 1. The Morgan fingerprint density at radius 1 is 1.40 bits per heavy atom. The van der Waals surface area contributed by atoms with Gasteiger partial charge in [-0.25, -0.2) is 0 Å². The van der Waals surface area contributed by atoms with Crippen LogP contribution in [0, 0.1) is 5.92 Å². The lowest BCUT2D eigenvalue weighted by atomic mass is 9.82. The summed E-state index contributed by atoms with van der Waals surface area (Å²) in [5, 5.41) is 0.660. The summed E-state index contributed by atoms with van der Waals surface area (Å²) >= 11 is 6.18. The Hall–Kier alpha value is -0.730. The van der Waals surface area contributed by atoms with Crippen LogP contribution in [0.15, 0.2) is 18.2 Å². The molecular formula is C12H18ClNO. The maximum Gasteiger partial charge on any atom is 0.120 e. The molecule has 3 heteroatoms. The van der Waals surface area contributed by atoms with E-state index in [1.165, 1.54) is 0 Å². The zero-order valence-corrected chi connectivity index (χ0v) is 10.4. The number of methoxy groups -OCH3 is 1. The Morgan fingerprint density at radius 2 is 2.00 bits per heavy atom. The largest absolute Gasteiger partial charge is 0.497 e. The van der Waals surface area contributed by atoms with Crippen molar-refractivity contribution in [2.24, 2.45) is 11.7 Å². The van der Waals surface area contributed by atoms with E-state index in [0.717, 1.165) is 11.3 Å². The average Bonchev–Trinajstić information content (AvgIpc) is 2.16. The van der Waals surface area contributed by atoms with Gasteiger partial charge in [-0.05, 0) is 30.5 Å². The quantitative estimate of drug-likeness (QED) is 0.861. The van der Waals surface area contributed by atoms with Gasteiger partial charge < -0.3 is 10.5 Å². The highest BCUT2D eigenvalue weighted by Gasteiger charge is 2.27. The van der Waals surface area contributed by atoms with E-state index in [-0.39, 0.29) is 0 Å². The van der Waals surface area contributed by atoms with Gasteiger partial charge in [0.05, 0.1) is 7.11 Å².